The van der Waals surface area contributed by atoms with E-state index in [1.807, 2.05) is 27.7 Å². The molecule has 0 saturated carbocycles. The van der Waals surface area contributed by atoms with Crippen LogP contribution in [0.4, 0.5) is 5.95 Å². The number of aromatic amines is 1. The number of nitrogens with one attached hydrogen (secondary N) is 1. The van der Waals surface area contributed by atoms with Gasteiger partial charge in [-0.25, -0.2) is 4.98 Å². The maximum absolute atomic E-state index is 12.4. The standard InChI is InChI=1S/C17H26N4O3/c1-10(2)16(23)20-6-5-13-14(9-20)18-17(19-15(13)22)21-7-11(3)24-12(4)8-21/h10-12H,5-9H2,1-4H3,(H,18,19,22)/t11-,12-/m0/s1. The third-order valence-corrected chi connectivity index (χ3v) is 4.59. The average Bonchev–Trinajstić information content (AvgIpc) is 2.52. The lowest BCUT2D eigenvalue weighted by Gasteiger charge is -2.36. The van der Waals surface area contributed by atoms with Crippen molar-refractivity contribution in [3.63, 3.8) is 0 Å². The fraction of sp³-hybridized carbons (Fsp3) is 0.706. The maximum Gasteiger partial charge on any atom is 0.255 e. The summed E-state index contributed by atoms with van der Waals surface area (Å²) < 4.78 is 5.74. The Balaban J connectivity index is 1.88. The molecule has 2 aliphatic rings. The Bertz CT molecular complexity index is 675. The topological polar surface area (TPSA) is 78.5 Å². The van der Waals surface area contributed by atoms with Gasteiger partial charge in [0.1, 0.15) is 0 Å². The molecule has 1 amide bonds. The monoisotopic (exact) mass is 334 g/mol. The van der Waals surface area contributed by atoms with Crippen LogP contribution in [0.1, 0.15) is 39.0 Å². The highest BCUT2D eigenvalue weighted by Gasteiger charge is 2.28. The first-order valence-electron chi connectivity index (χ1n) is 8.66. The first-order chi connectivity index (χ1) is 11.3. The highest BCUT2D eigenvalue weighted by atomic mass is 16.5. The van der Waals surface area contributed by atoms with Crippen LogP contribution in [0.25, 0.3) is 0 Å². The number of aromatic nitrogens is 2. The zero-order chi connectivity index (χ0) is 17.4. The summed E-state index contributed by atoms with van der Waals surface area (Å²) in [6.07, 6.45) is 0.745. The van der Waals surface area contributed by atoms with E-state index in [1.165, 1.54) is 0 Å². The molecule has 2 aliphatic heterocycles. The Labute approximate surface area is 142 Å². The van der Waals surface area contributed by atoms with E-state index in [0.717, 1.165) is 5.69 Å². The molecular formula is C17H26N4O3. The van der Waals surface area contributed by atoms with Crippen molar-refractivity contribution in [1.29, 1.82) is 0 Å². The van der Waals surface area contributed by atoms with Gasteiger partial charge in [-0.05, 0) is 20.3 Å². The van der Waals surface area contributed by atoms with Crippen LogP contribution in [0.15, 0.2) is 4.79 Å². The smallest absolute Gasteiger partial charge is 0.255 e. The van der Waals surface area contributed by atoms with Crippen LogP contribution in [-0.2, 0) is 22.5 Å². The number of anilines is 1. The van der Waals surface area contributed by atoms with Crippen LogP contribution < -0.4 is 10.5 Å². The van der Waals surface area contributed by atoms with Gasteiger partial charge in [-0.1, -0.05) is 13.8 Å². The number of amides is 1. The largest absolute Gasteiger partial charge is 0.372 e. The van der Waals surface area contributed by atoms with Crippen LogP contribution in [0.3, 0.4) is 0 Å². The number of hydrogen-bond donors (Lipinski definition) is 1. The van der Waals surface area contributed by atoms with E-state index in [-0.39, 0.29) is 29.6 Å². The zero-order valence-corrected chi connectivity index (χ0v) is 14.8. The van der Waals surface area contributed by atoms with Crippen LogP contribution in [0, 0.1) is 5.92 Å². The zero-order valence-electron chi connectivity index (χ0n) is 14.8. The van der Waals surface area contributed by atoms with E-state index >= 15 is 0 Å². The normalized spacial score (nSPS) is 24.2. The minimum atomic E-state index is -0.0848. The lowest BCUT2D eigenvalue weighted by molar-refractivity contribution is -0.135. The van der Waals surface area contributed by atoms with Gasteiger partial charge in [-0.15, -0.1) is 0 Å². The summed E-state index contributed by atoms with van der Waals surface area (Å²) in [4.78, 5) is 36.1. The molecule has 3 heterocycles. The van der Waals surface area contributed by atoms with E-state index < -0.39 is 0 Å². The molecule has 1 saturated heterocycles. The Morgan fingerprint density at radius 3 is 2.58 bits per heavy atom. The molecule has 0 spiro atoms. The number of ether oxygens (including phenoxy) is 1. The molecule has 0 radical (unpaired) electrons. The molecule has 7 nitrogen and oxygen atoms in total. The Hall–Kier alpha value is -1.89. The van der Waals surface area contributed by atoms with Crippen molar-refractivity contribution in [3.05, 3.63) is 21.6 Å². The fourth-order valence-corrected chi connectivity index (χ4v) is 3.48. The minimum Gasteiger partial charge on any atom is -0.372 e. The molecule has 3 rings (SSSR count). The number of H-pyrrole nitrogens is 1. The summed E-state index contributed by atoms with van der Waals surface area (Å²) in [5.74, 6) is 0.645. The predicted octanol–water partition coefficient (Wildman–Crippen LogP) is 0.924. The molecule has 7 heteroatoms. The first-order valence-corrected chi connectivity index (χ1v) is 8.66. The van der Waals surface area contributed by atoms with Gasteiger partial charge >= 0.3 is 0 Å². The molecule has 0 unspecified atom stereocenters. The Kier molecular flexibility index (Phi) is 4.62. The van der Waals surface area contributed by atoms with Crippen molar-refractivity contribution < 1.29 is 9.53 Å². The third kappa shape index (κ3) is 3.31. The molecule has 0 aromatic carbocycles. The molecular weight excluding hydrogens is 308 g/mol. The number of hydrogen-bond acceptors (Lipinski definition) is 5. The molecule has 1 aromatic heterocycles. The molecule has 24 heavy (non-hydrogen) atoms. The molecule has 0 bridgehead atoms. The summed E-state index contributed by atoms with van der Waals surface area (Å²) in [7, 11) is 0. The van der Waals surface area contributed by atoms with Gasteiger partial charge in [-0.2, -0.15) is 0 Å². The third-order valence-electron chi connectivity index (χ3n) is 4.59. The van der Waals surface area contributed by atoms with Gasteiger partial charge < -0.3 is 14.5 Å². The number of morpholine rings is 1. The minimum absolute atomic E-state index is 0.0473. The van der Waals surface area contributed by atoms with E-state index in [0.29, 0.717) is 44.1 Å². The lowest BCUT2D eigenvalue weighted by atomic mass is 10.0. The second kappa shape index (κ2) is 6.55. The SMILES string of the molecule is CC(C)C(=O)N1CCc2c(nc(N3C[C@H](C)O[C@@H](C)C3)[nH]c2=O)C1. The van der Waals surface area contributed by atoms with Gasteiger partial charge in [0.15, 0.2) is 0 Å². The van der Waals surface area contributed by atoms with E-state index in [1.54, 1.807) is 4.90 Å². The van der Waals surface area contributed by atoms with Crippen molar-refractivity contribution in [1.82, 2.24) is 14.9 Å². The van der Waals surface area contributed by atoms with Crippen molar-refractivity contribution in [3.8, 4) is 0 Å². The van der Waals surface area contributed by atoms with E-state index in [2.05, 4.69) is 14.9 Å². The maximum atomic E-state index is 12.4. The molecule has 0 aliphatic carbocycles. The fourth-order valence-electron chi connectivity index (χ4n) is 3.48. The number of nitrogens with zero attached hydrogens (tertiary/aromatic N) is 3. The van der Waals surface area contributed by atoms with Crippen molar-refractivity contribution >= 4 is 11.9 Å². The van der Waals surface area contributed by atoms with Gasteiger partial charge in [0.2, 0.25) is 11.9 Å². The van der Waals surface area contributed by atoms with Gasteiger partial charge in [0.05, 0.1) is 24.4 Å². The van der Waals surface area contributed by atoms with Crippen molar-refractivity contribution in [2.24, 2.45) is 5.92 Å². The molecule has 2 atom stereocenters. The first kappa shape index (κ1) is 17.0. The highest BCUT2D eigenvalue weighted by Crippen LogP contribution is 2.20. The van der Waals surface area contributed by atoms with Gasteiger partial charge in [-0.3, -0.25) is 14.6 Å². The molecule has 132 valence electrons. The number of rotatable bonds is 2. The van der Waals surface area contributed by atoms with Crippen LogP contribution in [0.2, 0.25) is 0 Å². The van der Waals surface area contributed by atoms with Crippen LogP contribution >= 0.6 is 0 Å². The number of carbonyl (C=O) groups excluding carboxylic acids is 1. The Morgan fingerprint density at radius 1 is 1.29 bits per heavy atom. The Morgan fingerprint density at radius 2 is 1.96 bits per heavy atom. The summed E-state index contributed by atoms with van der Waals surface area (Å²) >= 11 is 0. The summed E-state index contributed by atoms with van der Waals surface area (Å²) in [6, 6.07) is 0. The van der Waals surface area contributed by atoms with E-state index in [9.17, 15) is 9.59 Å². The predicted molar refractivity (Wildman–Crippen MR) is 91.0 cm³/mol. The van der Waals surface area contributed by atoms with Crippen molar-refractivity contribution in [2.75, 3.05) is 24.5 Å². The van der Waals surface area contributed by atoms with E-state index in [4.69, 9.17) is 4.74 Å². The van der Waals surface area contributed by atoms with Gasteiger partial charge in [0.25, 0.3) is 5.56 Å². The van der Waals surface area contributed by atoms with Crippen molar-refractivity contribution in [2.45, 2.75) is 52.9 Å². The quantitative estimate of drug-likeness (QED) is 0.870. The van der Waals surface area contributed by atoms with Crippen LogP contribution in [0.5, 0.6) is 0 Å². The summed E-state index contributed by atoms with van der Waals surface area (Å²) in [6.45, 7) is 10.2. The second-order valence-corrected chi connectivity index (χ2v) is 7.14. The number of fused-ring (bicyclic) bond motifs is 1. The summed E-state index contributed by atoms with van der Waals surface area (Å²) in [5.41, 5.74) is 1.35. The highest BCUT2D eigenvalue weighted by molar-refractivity contribution is 5.78. The summed E-state index contributed by atoms with van der Waals surface area (Å²) in [5, 5.41) is 0. The lowest BCUT2D eigenvalue weighted by Crippen LogP contribution is -2.47. The van der Waals surface area contributed by atoms with Crippen LogP contribution in [-0.4, -0.2) is 52.6 Å². The molecule has 1 N–H and O–H groups in total. The second-order valence-electron chi connectivity index (χ2n) is 7.14. The molecule has 1 fully saturated rings. The molecule has 1 aromatic rings. The number of carbonyl (C=O) groups is 1. The average molecular weight is 334 g/mol. The van der Waals surface area contributed by atoms with Gasteiger partial charge in [0, 0.05) is 31.1 Å².